The summed E-state index contributed by atoms with van der Waals surface area (Å²) in [5, 5.41) is 11.4. The van der Waals surface area contributed by atoms with Gasteiger partial charge in [0.1, 0.15) is 0 Å². The minimum Gasteiger partial charge on any atom is -0.478 e. The molecule has 0 heterocycles. The number of aromatic carboxylic acids is 1. The molecule has 0 fully saturated rings. The van der Waals surface area contributed by atoms with Gasteiger partial charge < -0.3 is 10.4 Å². The van der Waals surface area contributed by atoms with Crippen molar-refractivity contribution in [2.24, 2.45) is 0 Å². The quantitative estimate of drug-likeness (QED) is 0.775. The lowest BCUT2D eigenvalue weighted by Gasteiger charge is -2.08. The van der Waals surface area contributed by atoms with Gasteiger partial charge in [-0.3, -0.25) is 4.79 Å². The number of carbonyl (C=O) groups is 2. The first-order chi connectivity index (χ1) is 7.06. The van der Waals surface area contributed by atoms with E-state index >= 15 is 0 Å². The second-order valence-electron chi connectivity index (χ2n) is 2.66. The lowest BCUT2D eigenvalue weighted by molar-refractivity contribution is -0.111. The second kappa shape index (κ2) is 4.61. The van der Waals surface area contributed by atoms with E-state index in [9.17, 15) is 9.59 Å². The van der Waals surface area contributed by atoms with Crippen LogP contribution in [0, 0.1) is 0 Å². The molecule has 1 rings (SSSR count). The topological polar surface area (TPSA) is 66.4 Å². The average Bonchev–Trinajstić information content (AvgIpc) is 2.20. The molecule has 4 nitrogen and oxygen atoms in total. The third kappa shape index (κ3) is 2.57. The molecule has 15 heavy (non-hydrogen) atoms. The van der Waals surface area contributed by atoms with Gasteiger partial charge in [0, 0.05) is 0 Å². The smallest absolute Gasteiger partial charge is 0.337 e. The molecule has 0 atom stereocenters. The number of para-hydroxylation sites is 1. The highest BCUT2D eigenvalue weighted by molar-refractivity contribution is 6.34. The number of hydrogen-bond acceptors (Lipinski definition) is 2. The van der Waals surface area contributed by atoms with Gasteiger partial charge in [0.2, 0.25) is 5.91 Å². The number of carboxylic acids is 1. The molecule has 1 aromatic rings. The Kier molecular flexibility index (Phi) is 3.46. The Bertz CT molecular complexity index is 429. The zero-order valence-corrected chi connectivity index (χ0v) is 8.41. The SMILES string of the molecule is C=CC(=O)Nc1c(Cl)cccc1C(=O)O. The van der Waals surface area contributed by atoms with Crippen molar-refractivity contribution >= 4 is 29.2 Å². The van der Waals surface area contributed by atoms with Crippen molar-refractivity contribution in [3.05, 3.63) is 41.4 Å². The van der Waals surface area contributed by atoms with Gasteiger partial charge in [-0.2, -0.15) is 0 Å². The summed E-state index contributed by atoms with van der Waals surface area (Å²) in [6.45, 7) is 3.26. The van der Waals surface area contributed by atoms with Crippen LogP contribution in [0.3, 0.4) is 0 Å². The van der Waals surface area contributed by atoms with Gasteiger partial charge in [0.15, 0.2) is 0 Å². The van der Waals surface area contributed by atoms with E-state index in [0.29, 0.717) is 0 Å². The molecule has 0 aliphatic carbocycles. The van der Waals surface area contributed by atoms with Crippen molar-refractivity contribution < 1.29 is 14.7 Å². The normalized spacial score (nSPS) is 9.40. The monoisotopic (exact) mass is 225 g/mol. The molecule has 1 amide bonds. The first-order valence-electron chi connectivity index (χ1n) is 4.01. The minimum atomic E-state index is -1.16. The first-order valence-corrected chi connectivity index (χ1v) is 4.39. The molecule has 0 bridgehead atoms. The van der Waals surface area contributed by atoms with Gasteiger partial charge in [-0.25, -0.2) is 4.79 Å². The Labute approximate surface area is 91.2 Å². The fourth-order valence-corrected chi connectivity index (χ4v) is 1.23. The van der Waals surface area contributed by atoms with Gasteiger partial charge in [-0.05, 0) is 18.2 Å². The Hall–Kier alpha value is -1.81. The number of nitrogens with one attached hydrogen (secondary N) is 1. The van der Waals surface area contributed by atoms with Crippen LogP contribution in [0.1, 0.15) is 10.4 Å². The van der Waals surface area contributed by atoms with Crippen LogP contribution in [0.15, 0.2) is 30.9 Å². The molecule has 0 unspecified atom stereocenters. The number of hydrogen-bond donors (Lipinski definition) is 2. The largest absolute Gasteiger partial charge is 0.478 e. The Balaban J connectivity index is 3.18. The summed E-state index contributed by atoms with van der Waals surface area (Å²) >= 11 is 5.76. The van der Waals surface area contributed by atoms with Crippen molar-refractivity contribution in [2.75, 3.05) is 5.32 Å². The van der Waals surface area contributed by atoms with E-state index < -0.39 is 11.9 Å². The molecule has 0 saturated carbocycles. The highest BCUT2D eigenvalue weighted by Crippen LogP contribution is 2.25. The molecule has 0 aromatic heterocycles. The fourth-order valence-electron chi connectivity index (χ4n) is 1.00. The molecular formula is C10H8ClNO3. The summed E-state index contributed by atoms with van der Waals surface area (Å²) in [6.07, 6.45) is 1.04. The minimum absolute atomic E-state index is 0.0577. The van der Waals surface area contributed by atoms with Crippen LogP contribution in [-0.4, -0.2) is 17.0 Å². The van der Waals surface area contributed by atoms with Crippen LogP contribution in [0.2, 0.25) is 5.02 Å². The summed E-state index contributed by atoms with van der Waals surface area (Å²) in [7, 11) is 0. The summed E-state index contributed by atoms with van der Waals surface area (Å²) in [5.41, 5.74) is 0.0225. The van der Waals surface area contributed by atoms with Crippen LogP contribution in [0.5, 0.6) is 0 Å². The number of carboxylic acid groups (broad SMARTS) is 1. The van der Waals surface area contributed by atoms with E-state index in [4.69, 9.17) is 16.7 Å². The Morgan fingerprint density at radius 1 is 1.47 bits per heavy atom. The summed E-state index contributed by atoms with van der Waals surface area (Å²) in [6, 6.07) is 4.34. The zero-order valence-electron chi connectivity index (χ0n) is 7.66. The van der Waals surface area contributed by atoms with Crippen LogP contribution < -0.4 is 5.32 Å². The van der Waals surface area contributed by atoms with E-state index in [1.54, 1.807) is 0 Å². The molecule has 0 saturated heterocycles. The van der Waals surface area contributed by atoms with Crippen molar-refractivity contribution in [2.45, 2.75) is 0 Å². The zero-order chi connectivity index (χ0) is 11.4. The predicted octanol–water partition coefficient (Wildman–Crippen LogP) is 2.16. The molecule has 2 N–H and O–H groups in total. The van der Waals surface area contributed by atoms with Gasteiger partial charge in [0.05, 0.1) is 16.3 Å². The van der Waals surface area contributed by atoms with E-state index in [1.165, 1.54) is 18.2 Å². The lowest BCUT2D eigenvalue weighted by atomic mass is 10.2. The van der Waals surface area contributed by atoms with E-state index in [0.717, 1.165) is 6.08 Å². The molecule has 78 valence electrons. The van der Waals surface area contributed by atoms with Gasteiger partial charge >= 0.3 is 5.97 Å². The molecule has 0 radical (unpaired) electrons. The third-order valence-electron chi connectivity index (χ3n) is 1.68. The van der Waals surface area contributed by atoms with Crippen molar-refractivity contribution in [1.82, 2.24) is 0 Å². The van der Waals surface area contributed by atoms with Crippen LogP contribution in [0.4, 0.5) is 5.69 Å². The van der Waals surface area contributed by atoms with E-state index in [2.05, 4.69) is 11.9 Å². The molecular weight excluding hydrogens is 218 g/mol. The maximum absolute atomic E-state index is 11.0. The molecule has 0 aliphatic rings. The summed E-state index contributed by atoms with van der Waals surface area (Å²) < 4.78 is 0. The predicted molar refractivity (Wildman–Crippen MR) is 57.2 cm³/mol. The summed E-state index contributed by atoms with van der Waals surface area (Å²) in [4.78, 5) is 21.8. The highest BCUT2D eigenvalue weighted by atomic mass is 35.5. The average molecular weight is 226 g/mol. The van der Waals surface area contributed by atoms with Crippen molar-refractivity contribution in [1.29, 1.82) is 0 Å². The maximum Gasteiger partial charge on any atom is 0.337 e. The number of halogens is 1. The van der Waals surface area contributed by atoms with Crippen molar-refractivity contribution in [3.8, 4) is 0 Å². The highest BCUT2D eigenvalue weighted by Gasteiger charge is 2.13. The molecule has 1 aromatic carbocycles. The van der Waals surface area contributed by atoms with Gasteiger partial charge in [0.25, 0.3) is 0 Å². The summed E-state index contributed by atoms with van der Waals surface area (Å²) in [5.74, 6) is -1.66. The number of carbonyl (C=O) groups excluding carboxylic acids is 1. The van der Waals surface area contributed by atoms with Gasteiger partial charge in [-0.1, -0.05) is 24.2 Å². The standard InChI is InChI=1S/C10H8ClNO3/c1-2-8(13)12-9-6(10(14)15)4-3-5-7(9)11/h2-5H,1H2,(H,12,13)(H,14,15). The van der Waals surface area contributed by atoms with Crippen LogP contribution in [-0.2, 0) is 4.79 Å². The molecule has 5 heteroatoms. The van der Waals surface area contributed by atoms with Crippen molar-refractivity contribution in [3.63, 3.8) is 0 Å². The number of anilines is 1. The number of rotatable bonds is 3. The van der Waals surface area contributed by atoms with Crippen LogP contribution in [0.25, 0.3) is 0 Å². The molecule has 0 spiro atoms. The first kappa shape index (κ1) is 11.3. The fraction of sp³-hybridized carbons (Fsp3) is 0. The van der Waals surface area contributed by atoms with E-state index in [1.807, 2.05) is 0 Å². The van der Waals surface area contributed by atoms with Crippen LogP contribution >= 0.6 is 11.6 Å². The third-order valence-corrected chi connectivity index (χ3v) is 1.99. The van der Waals surface area contributed by atoms with Gasteiger partial charge in [-0.15, -0.1) is 0 Å². The number of amides is 1. The Morgan fingerprint density at radius 2 is 2.13 bits per heavy atom. The number of benzene rings is 1. The second-order valence-corrected chi connectivity index (χ2v) is 3.07. The van der Waals surface area contributed by atoms with E-state index in [-0.39, 0.29) is 16.3 Å². The lowest BCUT2D eigenvalue weighted by Crippen LogP contribution is -2.12. The Morgan fingerprint density at radius 3 is 2.67 bits per heavy atom. The maximum atomic E-state index is 11.0. The molecule has 0 aliphatic heterocycles.